The van der Waals surface area contributed by atoms with Gasteiger partial charge in [0.15, 0.2) is 5.82 Å². The smallest absolute Gasteiger partial charge is 0.299 e. The molecule has 21 heavy (non-hydrogen) atoms. The van der Waals surface area contributed by atoms with E-state index in [0.717, 1.165) is 12.8 Å². The molecule has 4 rings (SSSR count). The molecule has 1 fully saturated rings. The molecule has 1 aromatic carbocycles. The van der Waals surface area contributed by atoms with Gasteiger partial charge in [0.2, 0.25) is 5.89 Å². The second kappa shape index (κ2) is 4.49. The third-order valence-electron chi connectivity index (χ3n) is 3.66. The zero-order valence-electron chi connectivity index (χ0n) is 10.9. The molecule has 1 aromatic heterocycles. The number of nitrogens with zero attached hydrogens (tertiary/aromatic N) is 3. The number of fused-ring (bicyclic) bond motifs is 1. The lowest BCUT2D eigenvalue weighted by molar-refractivity contribution is -0.114. The summed E-state index contributed by atoms with van der Waals surface area (Å²) in [6, 6.07) is 5.27. The Morgan fingerprint density at radius 2 is 2.14 bits per heavy atom. The standard InChI is InChI=1S/C14H10BrN3O3/c15-8-2-1-3-9-11(8)12(19)14(20)18(9)6-10-16-13(21-17-10)7-4-5-7/h1-3,7H,4-6H2. The lowest BCUT2D eigenvalue weighted by Gasteiger charge is -2.13. The van der Waals surface area contributed by atoms with E-state index in [2.05, 4.69) is 26.1 Å². The largest absolute Gasteiger partial charge is 0.339 e. The molecule has 1 aliphatic carbocycles. The highest BCUT2D eigenvalue weighted by molar-refractivity contribution is 9.10. The number of amides is 1. The van der Waals surface area contributed by atoms with Gasteiger partial charge in [0.05, 0.1) is 17.8 Å². The van der Waals surface area contributed by atoms with E-state index in [0.29, 0.717) is 33.4 Å². The number of hydrogen-bond acceptors (Lipinski definition) is 5. The minimum Gasteiger partial charge on any atom is -0.339 e. The van der Waals surface area contributed by atoms with E-state index < -0.39 is 11.7 Å². The van der Waals surface area contributed by atoms with Crippen LogP contribution in [0, 0.1) is 0 Å². The highest BCUT2D eigenvalue weighted by atomic mass is 79.9. The van der Waals surface area contributed by atoms with Crippen molar-refractivity contribution in [1.29, 1.82) is 0 Å². The van der Waals surface area contributed by atoms with Crippen molar-refractivity contribution in [3.05, 3.63) is 40.0 Å². The van der Waals surface area contributed by atoms with Crippen molar-refractivity contribution in [2.75, 3.05) is 4.90 Å². The van der Waals surface area contributed by atoms with Gasteiger partial charge >= 0.3 is 0 Å². The molecule has 0 saturated heterocycles. The predicted molar refractivity (Wildman–Crippen MR) is 75.9 cm³/mol. The van der Waals surface area contributed by atoms with Gasteiger partial charge in [-0.05, 0) is 40.9 Å². The number of halogens is 1. The highest BCUT2D eigenvalue weighted by Crippen LogP contribution is 2.39. The van der Waals surface area contributed by atoms with Gasteiger partial charge in [0.25, 0.3) is 11.7 Å². The van der Waals surface area contributed by atoms with E-state index in [9.17, 15) is 9.59 Å². The predicted octanol–water partition coefficient (Wildman–Crippen LogP) is 2.44. The molecular formula is C14H10BrN3O3. The molecule has 0 radical (unpaired) electrons. The lowest BCUT2D eigenvalue weighted by Crippen LogP contribution is -2.29. The van der Waals surface area contributed by atoms with Crippen molar-refractivity contribution in [2.24, 2.45) is 0 Å². The van der Waals surface area contributed by atoms with Gasteiger partial charge in [-0.25, -0.2) is 0 Å². The molecule has 1 saturated carbocycles. The Balaban J connectivity index is 1.67. The van der Waals surface area contributed by atoms with Gasteiger partial charge in [0.1, 0.15) is 0 Å². The quantitative estimate of drug-likeness (QED) is 0.797. The molecule has 2 aliphatic rings. The van der Waals surface area contributed by atoms with E-state index >= 15 is 0 Å². The Hall–Kier alpha value is -2.02. The first-order valence-corrected chi connectivity index (χ1v) is 7.41. The third kappa shape index (κ3) is 1.99. The van der Waals surface area contributed by atoms with Crippen LogP contribution in [-0.4, -0.2) is 21.8 Å². The topological polar surface area (TPSA) is 76.3 Å². The van der Waals surface area contributed by atoms with Crippen molar-refractivity contribution in [3.8, 4) is 0 Å². The Bertz CT molecular complexity index is 767. The third-order valence-corrected chi connectivity index (χ3v) is 4.32. The molecule has 0 N–H and O–H groups in total. The maximum Gasteiger partial charge on any atom is 0.299 e. The molecule has 0 bridgehead atoms. The molecule has 1 aliphatic heterocycles. The number of benzene rings is 1. The van der Waals surface area contributed by atoms with Gasteiger partial charge in [-0.2, -0.15) is 4.98 Å². The molecule has 106 valence electrons. The normalized spacial score (nSPS) is 17.5. The van der Waals surface area contributed by atoms with Crippen LogP contribution in [0.4, 0.5) is 5.69 Å². The van der Waals surface area contributed by atoms with E-state index in [4.69, 9.17) is 4.52 Å². The van der Waals surface area contributed by atoms with E-state index in [-0.39, 0.29) is 6.54 Å². The van der Waals surface area contributed by atoms with Crippen LogP contribution in [0.1, 0.15) is 40.8 Å². The molecule has 0 unspecified atom stereocenters. The first kappa shape index (κ1) is 12.7. The van der Waals surface area contributed by atoms with Gasteiger partial charge in [0, 0.05) is 10.4 Å². The van der Waals surface area contributed by atoms with Crippen LogP contribution in [-0.2, 0) is 11.3 Å². The summed E-state index contributed by atoms with van der Waals surface area (Å²) in [6.07, 6.45) is 2.14. The Kier molecular flexibility index (Phi) is 2.72. The monoisotopic (exact) mass is 347 g/mol. The van der Waals surface area contributed by atoms with Crippen LogP contribution in [0.15, 0.2) is 27.2 Å². The minimum atomic E-state index is -0.560. The van der Waals surface area contributed by atoms with Crippen LogP contribution in [0.3, 0.4) is 0 Å². The maximum atomic E-state index is 12.1. The van der Waals surface area contributed by atoms with Gasteiger partial charge in [-0.1, -0.05) is 11.2 Å². The Labute approximate surface area is 128 Å². The SMILES string of the molecule is O=C1C(=O)N(Cc2noc(C3CC3)n2)c2cccc(Br)c21. The zero-order valence-corrected chi connectivity index (χ0v) is 12.5. The Morgan fingerprint density at radius 1 is 1.33 bits per heavy atom. The van der Waals surface area contributed by atoms with Crippen LogP contribution in [0.5, 0.6) is 0 Å². The Morgan fingerprint density at radius 3 is 2.90 bits per heavy atom. The summed E-state index contributed by atoms with van der Waals surface area (Å²) < 4.78 is 5.80. The molecular weight excluding hydrogens is 338 g/mol. The first-order valence-electron chi connectivity index (χ1n) is 6.62. The van der Waals surface area contributed by atoms with Crippen LogP contribution in [0.2, 0.25) is 0 Å². The van der Waals surface area contributed by atoms with Crippen molar-refractivity contribution in [3.63, 3.8) is 0 Å². The number of anilines is 1. The minimum absolute atomic E-state index is 0.143. The van der Waals surface area contributed by atoms with Crippen LogP contribution in [0.25, 0.3) is 0 Å². The lowest BCUT2D eigenvalue weighted by atomic mass is 10.1. The van der Waals surface area contributed by atoms with Crippen LogP contribution < -0.4 is 4.90 Å². The van der Waals surface area contributed by atoms with Crippen molar-refractivity contribution >= 4 is 33.3 Å². The van der Waals surface area contributed by atoms with Gasteiger partial charge < -0.3 is 4.52 Å². The fraction of sp³-hybridized carbons (Fsp3) is 0.286. The molecule has 6 nitrogen and oxygen atoms in total. The molecule has 0 spiro atoms. The molecule has 1 amide bonds. The van der Waals surface area contributed by atoms with Crippen molar-refractivity contribution in [1.82, 2.24) is 10.1 Å². The maximum absolute atomic E-state index is 12.1. The number of carbonyl (C=O) groups excluding carboxylic acids is 2. The summed E-state index contributed by atoms with van der Waals surface area (Å²) in [6.45, 7) is 0.143. The van der Waals surface area contributed by atoms with E-state index in [1.807, 2.05) is 0 Å². The second-order valence-corrected chi connectivity index (χ2v) is 6.03. The average Bonchev–Trinajstić information content (AvgIpc) is 3.17. The highest BCUT2D eigenvalue weighted by Gasteiger charge is 2.38. The van der Waals surface area contributed by atoms with Crippen LogP contribution >= 0.6 is 15.9 Å². The zero-order chi connectivity index (χ0) is 14.6. The van der Waals surface area contributed by atoms with E-state index in [1.54, 1.807) is 18.2 Å². The fourth-order valence-corrected chi connectivity index (χ4v) is 2.96. The number of rotatable bonds is 3. The number of ketones is 1. The van der Waals surface area contributed by atoms with E-state index in [1.165, 1.54) is 4.90 Å². The molecule has 7 heteroatoms. The fourth-order valence-electron chi connectivity index (χ4n) is 2.43. The molecule has 2 heterocycles. The summed E-state index contributed by atoms with van der Waals surface area (Å²) in [5.41, 5.74) is 0.977. The number of hydrogen-bond donors (Lipinski definition) is 0. The van der Waals surface area contributed by atoms with Crippen molar-refractivity contribution in [2.45, 2.75) is 25.3 Å². The summed E-state index contributed by atoms with van der Waals surface area (Å²) in [4.78, 5) is 29.9. The van der Waals surface area contributed by atoms with Gasteiger partial charge in [-0.15, -0.1) is 0 Å². The second-order valence-electron chi connectivity index (χ2n) is 5.18. The molecule has 0 atom stereocenters. The number of aromatic nitrogens is 2. The number of carbonyl (C=O) groups is 2. The summed E-state index contributed by atoms with van der Waals surface area (Å²) in [5, 5.41) is 3.89. The summed E-state index contributed by atoms with van der Waals surface area (Å²) >= 11 is 3.31. The molecule has 2 aromatic rings. The van der Waals surface area contributed by atoms with Crippen molar-refractivity contribution < 1.29 is 14.1 Å². The van der Waals surface area contributed by atoms with Gasteiger partial charge in [-0.3, -0.25) is 14.5 Å². The average molecular weight is 348 g/mol. The number of Topliss-reactive ketones (excluding diaryl/α,β-unsaturated/α-hetero) is 1. The summed E-state index contributed by atoms with van der Waals surface area (Å²) in [7, 11) is 0. The summed E-state index contributed by atoms with van der Waals surface area (Å²) in [5.74, 6) is 0.338. The first-order chi connectivity index (χ1) is 10.1.